The number of fused-ring (bicyclic) bond motifs is 2. The van der Waals surface area contributed by atoms with Crippen LogP contribution in [-0.4, -0.2) is 33.6 Å². The SMILES string of the molecule is Cc1[nH]c2ccccc2c1C1c2ccccc2C(=O)N1C(CC(C)C)C(=O)NNC(=O)c1ccccc1F. The zero-order valence-corrected chi connectivity index (χ0v) is 21.4. The van der Waals surface area contributed by atoms with E-state index < -0.39 is 29.7 Å². The van der Waals surface area contributed by atoms with E-state index in [1.54, 1.807) is 11.0 Å². The molecule has 0 saturated carbocycles. The summed E-state index contributed by atoms with van der Waals surface area (Å²) in [7, 11) is 0. The van der Waals surface area contributed by atoms with Gasteiger partial charge in [0, 0.05) is 27.7 Å². The van der Waals surface area contributed by atoms with Gasteiger partial charge in [0.2, 0.25) is 0 Å². The number of benzene rings is 3. The number of carbonyl (C=O) groups is 3. The van der Waals surface area contributed by atoms with Gasteiger partial charge >= 0.3 is 0 Å². The third kappa shape index (κ3) is 4.42. The quantitative estimate of drug-likeness (QED) is 0.316. The molecule has 1 aliphatic heterocycles. The number of H-pyrrole nitrogens is 1. The van der Waals surface area contributed by atoms with Crippen molar-refractivity contribution in [3.63, 3.8) is 0 Å². The first-order chi connectivity index (χ1) is 18.3. The molecule has 38 heavy (non-hydrogen) atoms. The first kappa shape index (κ1) is 25.2. The highest BCUT2D eigenvalue weighted by Crippen LogP contribution is 2.44. The molecule has 1 aromatic heterocycles. The van der Waals surface area contributed by atoms with Crippen LogP contribution in [0, 0.1) is 18.7 Å². The molecule has 3 N–H and O–H groups in total. The van der Waals surface area contributed by atoms with Crippen LogP contribution in [-0.2, 0) is 4.79 Å². The molecule has 0 aliphatic carbocycles. The van der Waals surface area contributed by atoms with E-state index in [9.17, 15) is 18.8 Å². The lowest BCUT2D eigenvalue weighted by atomic mass is 9.93. The lowest BCUT2D eigenvalue weighted by Gasteiger charge is -2.34. The number of para-hydroxylation sites is 1. The number of amides is 3. The minimum atomic E-state index is -0.895. The second kappa shape index (κ2) is 10.1. The second-order valence-electron chi connectivity index (χ2n) is 9.98. The van der Waals surface area contributed by atoms with Gasteiger partial charge < -0.3 is 9.88 Å². The lowest BCUT2D eigenvalue weighted by Crippen LogP contribution is -2.54. The summed E-state index contributed by atoms with van der Waals surface area (Å²) in [5, 5.41) is 0.973. The molecule has 2 heterocycles. The molecule has 7 nitrogen and oxygen atoms in total. The van der Waals surface area contributed by atoms with E-state index in [1.807, 2.05) is 63.2 Å². The topological polar surface area (TPSA) is 94.3 Å². The Kier molecular flexibility index (Phi) is 6.72. The standard InChI is InChI=1S/C30H29FN4O3/c1-17(2)16-25(29(37)34-33-28(36)21-12-6-8-14-23(21)31)35-27(19-10-4-5-11-20(19)30(35)38)26-18(3)32-24-15-9-7-13-22(24)26/h4-15,17,25,27,32H,16H2,1-3H3,(H,33,36)(H,34,37). The smallest absolute Gasteiger partial charge is 0.272 e. The van der Waals surface area contributed by atoms with Crippen LogP contribution >= 0.6 is 0 Å². The number of rotatable bonds is 6. The van der Waals surface area contributed by atoms with Crippen molar-refractivity contribution in [2.45, 2.75) is 39.3 Å². The maximum Gasteiger partial charge on any atom is 0.272 e. The molecule has 0 saturated heterocycles. The largest absolute Gasteiger partial charge is 0.358 e. The van der Waals surface area contributed by atoms with Crippen LogP contribution in [0.2, 0.25) is 0 Å². The number of nitrogens with zero attached hydrogens (tertiary/aromatic N) is 1. The molecule has 5 rings (SSSR count). The van der Waals surface area contributed by atoms with Crippen molar-refractivity contribution >= 4 is 28.6 Å². The number of hydrazine groups is 1. The summed E-state index contributed by atoms with van der Waals surface area (Å²) < 4.78 is 14.1. The van der Waals surface area contributed by atoms with Gasteiger partial charge in [0.15, 0.2) is 0 Å². The van der Waals surface area contributed by atoms with Crippen LogP contribution in [0.4, 0.5) is 4.39 Å². The third-order valence-corrected chi connectivity index (χ3v) is 6.97. The summed E-state index contributed by atoms with van der Waals surface area (Å²) in [6.07, 6.45) is 0.360. The summed E-state index contributed by atoms with van der Waals surface area (Å²) >= 11 is 0. The molecule has 3 amide bonds. The van der Waals surface area contributed by atoms with Gasteiger partial charge in [-0.3, -0.25) is 25.2 Å². The lowest BCUT2D eigenvalue weighted by molar-refractivity contribution is -0.127. The fraction of sp³-hybridized carbons (Fsp3) is 0.233. The maximum atomic E-state index is 14.1. The van der Waals surface area contributed by atoms with E-state index in [1.165, 1.54) is 24.3 Å². The Bertz CT molecular complexity index is 1540. The summed E-state index contributed by atoms with van der Waals surface area (Å²) in [5.41, 5.74) is 8.72. The molecule has 8 heteroatoms. The molecule has 3 aromatic carbocycles. The number of hydrogen-bond acceptors (Lipinski definition) is 3. The van der Waals surface area contributed by atoms with Crippen molar-refractivity contribution in [2.75, 3.05) is 0 Å². The van der Waals surface area contributed by atoms with E-state index in [-0.39, 0.29) is 17.4 Å². The van der Waals surface area contributed by atoms with Gasteiger partial charge in [-0.25, -0.2) is 4.39 Å². The van der Waals surface area contributed by atoms with E-state index in [4.69, 9.17) is 0 Å². The molecule has 2 unspecified atom stereocenters. The van der Waals surface area contributed by atoms with Crippen LogP contribution in [0.1, 0.15) is 63.8 Å². The fourth-order valence-corrected chi connectivity index (χ4v) is 5.31. The first-order valence-electron chi connectivity index (χ1n) is 12.6. The minimum absolute atomic E-state index is 0.0641. The van der Waals surface area contributed by atoms with Crippen LogP contribution in [0.5, 0.6) is 0 Å². The van der Waals surface area contributed by atoms with Crippen LogP contribution < -0.4 is 10.9 Å². The Hall–Kier alpha value is -4.46. The van der Waals surface area contributed by atoms with Crippen LogP contribution in [0.3, 0.4) is 0 Å². The van der Waals surface area contributed by atoms with Crippen molar-refractivity contribution in [2.24, 2.45) is 5.92 Å². The normalized spacial score (nSPS) is 15.6. The zero-order valence-electron chi connectivity index (χ0n) is 21.4. The predicted molar refractivity (Wildman–Crippen MR) is 143 cm³/mol. The number of nitrogens with one attached hydrogen (secondary N) is 3. The molecule has 0 radical (unpaired) electrons. The van der Waals surface area contributed by atoms with Gasteiger partial charge in [-0.05, 0) is 49.1 Å². The minimum Gasteiger partial charge on any atom is -0.358 e. The average Bonchev–Trinajstić information content (AvgIpc) is 3.38. The molecule has 4 aromatic rings. The highest BCUT2D eigenvalue weighted by atomic mass is 19.1. The van der Waals surface area contributed by atoms with Crippen molar-refractivity contribution in [1.29, 1.82) is 0 Å². The van der Waals surface area contributed by atoms with Gasteiger partial charge in [-0.2, -0.15) is 0 Å². The highest BCUT2D eigenvalue weighted by Gasteiger charge is 2.45. The Morgan fingerprint density at radius 1 is 0.974 bits per heavy atom. The number of carbonyl (C=O) groups excluding carboxylic acids is 3. The monoisotopic (exact) mass is 512 g/mol. The van der Waals surface area contributed by atoms with E-state index in [0.717, 1.165) is 27.7 Å². The van der Waals surface area contributed by atoms with Gasteiger partial charge in [-0.1, -0.05) is 62.4 Å². The Morgan fingerprint density at radius 3 is 2.42 bits per heavy atom. The van der Waals surface area contributed by atoms with Gasteiger partial charge in [0.1, 0.15) is 11.9 Å². The Labute approximate surface area is 220 Å². The van der Waals surface area contributed by atoms with E-state index >= 15 is 0 Å². The van der Waals surface area contributed by atoms with Crippen molar-refractivity contribution in [1.82, 2.24) is 20.7 Å². The Balaban J connectivity index is 1.54. The highest BCUT2D eigenvalue weighted by molar-refractivity contribution is 6.04. The fourth-order valence-electron chi connectivity index (χ4n) is 5.31. The number of aromatic amines is 1. The van der Waals surface area contributed by atoms with Crippen LogP contribution in [0.15, 0.2) is 72.8 Å². The molecule has 2 atom stereocenters. The molecular formula is C30H29FN4O3. The Morgan fingerprint density at radius 2 is 1.66 bits per heavy atom. The van der Waals surface area contributed by atoms with Crippen LogP contribution in [0.25, 0.3) is 10.9 Å². The maximum absolute atomic E-state index is 14.1. The van der Waals surface area contributed by atoms with Gasteiger partial charge in [-0.15, -0.1) is 0 Å². The number of aromatic nitrogens is 1. The van der Waals surface area contributed by atoms with Crippen molar-refractivity contribution in [3.8, 4) is 0 Å². The molecule has 1 aliphatic rings. The van der Waals surface area contributed by atoms with E-state index in [2.05, 4.69) is 15.8 Å². The molecule has 194 valence electrons. The summed E-state index contributed by atoms with van der Waals surface area (Å²) in [6.45, 7) is 5.90. The molecular weight excluding hydrogens is 483 g/mol. The number of aryl methyl sites for hydroxylation is 1. The average molecular weight is 513 g/mol. The number of halogens is 1. The molecule has 0 fully saturated rings. The van der Waals surface area contributed by atoms with Crippen molar-refractivity contribution in [3.05, 3.63) is 107 Å². The summed E-state index contributed by atoms with van der Waals surface area (Å²) in [6, 6.07) is 19.4. The zero-order chi connectivity index (χ0) is 27.0. The third-order valence-electron chi connectivity index (χ3n) is 6.97. The van der Waals surface area contributed by atoms with Crippen molar-refractivity contribution < 1.29 is 18.8 Å². The summed E-state index contributed by atoms with van der Waals surface area (Å²) in [5.74, 6) is -2.21. The van der Waals surface area contributed by atoms with Gasteiger partial charge in [0.25, 0.3) is 17.7 Å². The first-order valence-corrected chi connectivity index (χ1v) is 12.6. The number of hydrogen-bond donors (Lipinski definition) is 3. The second-order valence-corrected chi connectivity index (χ2v) is 9.98. The van der Waals surface area contributed by atoms with Gasteiger partial charge in [0.05, 0.1) is 11.6 Å². The van der Waals surface area contributed by atoms with E-state index in [0.29, 0.717) is 12.0 Å². The predicted octanol–water partition coefficient (Wildman–Crippen LogP) is 5.04. The summed E-state index contributed by atoms with van der Waals surface area (Å²) in [4.78, 5) is 45.1. The molecule has 0 spiro atoms. The molecule has 0 bridgehead atoms.